The molecular formula is C43H29IrN3O-2. The zero-order valence-corrected chi connectivity index (χ0v) is 28.8. The predicted octanol–water partition coefficient (Wildman–Crippen LogP) is 11.0. The first-order chi connectivity index (χ1) is 23.1. The van der Waals surface area contributed by atoms with E-state index in [4.69, 9.17) is 14.4 Å². The average Bonchev–Trinajstić information content (AvgIpc) is 3.52. The third-order valence-electron chi connectivity index (χ3n) is 8.47. The van der Waals surface area contributed by atoms with Crippen molar-refractivity contribution < 1.29 is 24.5 Å². The molecular weight excluding hydrogens is 767 g/mol. The summed E-state index contributed by atoms with van der Waals surface area (Å²) in [6, 6.07) is 49.8. The van der Waals surface area contributed by atoms with Crippen LogP contribution in [-0.4, -0.2) is 15.0 Å². The summed E-state index contributed by atoms with van der Waals surface area (Å²) in [6.45, 7) is 4.17. The maximum atomic E-state index is 6.50. The summed E-state index contributed by atoms with van der Waals surface area (Å²) >= 11 is 0. The van der Waals surface area contributed by atoms with Crippen LogP contribution in [0.4, 0.5) is 0 Å². The van der Waals surface area contributed by atoms with Gasteiger partial charge in [-0.15, -0.1) is 54.1 Å². The molecule has 0 fully saturated rings. The van der Waals surface area contributed by atoms with Gasteiger partial charge in [-0.2, -0.15) is 0 Å². The van der Waals surface area contributed by atoms with Gasteiger partial charge in [0.05, 0.1) is 5.58 Å². The molecule has 4 nitrogen and oxygen atoms in total. The number of aromatic nitrogens is 3. The van der Waals surface area contributed by atoms with Gasteiger partial charge in [0, 0.05) is 49.0 Å². The number of nitrogens with zero attached hydrogens (tertiary/aromatic N) is 3. The molecule has 0 N–H and O–H groups in total. The quantitative estimate of drug-likeness (QED) is 0.167. The molecule has 5 heteroatoms. The predicted molar refractivity (Wildman–Crippen MR) is 192 cm³/mol. The van der Waals surface area contributed by atoms with E-state index in [0.717, 1.165) is 66.6 Å². The summed E-state index contributed by atoms with van der Waals surface area (Å²) in [4.78, 5) is 13.7. The smallest absolute Gasteiger partial charge is 0.147 e. The van der Waals surface area contributed by atoms with Gasteiger partial charge in [-0.3, -0.25) is 0 Å². The van der Waals surface area contributed by atoms with Crippen molar-refractivity contribution in [1.29, 1.82) is 0 Å². The monoisotopic (exact) mass is 796 g/mol. The molecule has 0 unspecified atom stereocenters. The van der Waals surface area contributed by atoms with Gasteiger partial charge in [0.15, 0.2) is 0 Å². The molecule has 0 spiro atoms. The molecule has 4 heterocycles. The molecule has 0 saturated carbocycles. The van der Waals surface area contributed by atoms with Gasteiger partial charge in [-0.05, 0) is 77.0 Å². The van der Waals surface area contributed by atoms with E-state index < -0.39 is 0 Å². The fraction of sp³-hybridized carbons (Fsp3) is 0.0465. The van der Waals surface area contributed by atoms with Crippen LogP contribution >= 0.6 is 0 Å². The van der Waals surface area contributed by atoms with Crippen LogP contribution in [0.2, 0.25) is 0 Å². The van der Waals surface area contributed by atoms with Gasteiger partial charge in [0.25, 0.3) is 0 Å². The molecule has 9 aromatic rings. The van der Waals surface area contributed by atoms with Crippen molar-refractivity contribution in [3.8, 4) is 33.6 Å². The van der Waals surface area contributed by atoms with E-state index in [0.29, 0.717) is 0 Å². The van der Waals surface area contributed by atoms with Crippen molar-refractivity contribution in [3.05, 3.63) is 163 Å². The van der Waals surface area contributed by atoms with E-state index in [1.54, 1.807) is 6.20 Å². The van der Waals surface area contributed by atoms with Crippen molar-refractivity contribution in [2.45, 2.75) is 13.8 Å². The zero-order valence-electron chi connectivity index (χ0n) is 26.4. The number of benzene rings is 5. The van der Waals surface area contributed by atoms with Gasteiger partial charge < -0.3 is 14.4 Å². The molecule has 0 aliphatic rings. The summed E-state index contributed by atoms with van der Waals surface area (Å²) in [5.41, 5.74) is 10.7. The first-order valence-electron chi connectivity index (χ1n) is 15.6. The largest absolute Gasteiger partial charge is 0.498 e. The zero-order chi connectivity index (χ0) is 31.7. The molecule has 0 atom stereocenters. The van der Waals surface area contributed by atoms with Crippen molar-refractivity contribution in [2.75, 3.05) is 0 Å². The van der Waals surface area contributed by atoms with Gasteiger partial charge in [0.1, 0.15) is 11.1 Å². The Labute approximate surface area is 292 Å². The normalized spacial score (nSPS) is 11.0. The Kier molecular flexibility index (Phi) is 8.64. The average molecular weight is 796 g/mol. The first-order valence-corrected chi connectivity index (χ1v) is 15.6. The molecule has 0 amide bonds. The van der Waals surface area contributed by atoms with Gasteiger partial charge in [-0.25, -0.2) is 4.98 Å². The van der Waals surface area contributed by atoms with Crippen LogP contribution in [0.5, 0.6) is 0 Å². The van der Waals surface area contributed by atoms with Crippen LogP contribution in [0.15, 0.2) is 144 Å². The third-order valence-corrected chi connectivity index (χ3v) is 8.47. The summed E-state index contributed by atoms with van der Waals surface area (Å²) in [5, 5.41) is 5.65. The third kappa shape index (κ3) is 5.91. The van der Waals surface area contributed by atoms with Gasteiger partial charge >= 0.3 is 0 Å². The second-order valence-corrected chi connectivity index (χ2v) is 11.6. The van der Waals surface area contributed by atoms with Crippen LogP contribution in [0.3, 0.4) is 0 Å². The number of fused-ring (bicyclic) bond motifs is 6. The molecule has 0 aliphatic carbocycles. The molecule has 4 aromatic heterocycles. The topological polar surface area (TPSA) is 51.8 Å². The Morgan fingerprint density at radius 1 is 0.583 bits per heavy atom. The fourth-order valence-corrected chi connectivity index (χ4v) is 6.14. The molecule has 48 heavy (non-hydrogen) atoms. The van der Waals surface area contributed by atoms with Gasteiger partial charge in [0.2, 0.25) is 0 Å². The molecule has 9 rings (SSSR count). The van der Waals surface area contributed by atoms with E-state index >= 15 is 0 Å². The Balaban J connectivity index is 0.000000237. The number of aryl methyl sites for hydroxylation is 2. The first kappa shape index (κ1) is 31.1. The molecule has 0 aliphatic heterocycles. The van der Waals surface area contributed by atoms with Crippen LogP contribution < -0.4 is 0 Å². The second-order valence-electron chi connectivity index (χ2n) is 11.6. The maximum Gasteiger partial charge on any atom is 0.147 e. The Hall–Kier alpha value is -5.48. The fourth-order valence-electron chi connectivity index (χ4n) is 6.14. The second kappa shape index (κ2) is 13.3. The van der Waals surface area contributed by atoms with Crippen LogP contribution in [0.1, 0.15) is 11.3 Å². The van der Waals surface area contributed by atoms with Crippen molar-refractivity contribution in [2.24, 2.45) is 0 Å². The number of furan rings is 1. The molecule has 0 bridgehead atoms. The van der Waals surface area contributed by atoms with Crippen LogP contribution in [0.25, 0.3) is 77.3 Å². The summed E-state index contributed by atoms with van der Waals surface area (Å²) in [7, 11) is 0. The summed E-state index contributed by atoms with van der Waals surface area (Å²) in [5.74, 6) is 0. The van der Waals surface area contributed by atoms with Crippen molar-refractivity contribution in [1.82, 2.24) is 15.0 Å². The Bertz CT molecular complexity index is 2510. The van der Waals surface area contributed by atoms with Crippen molar-refractivity contribution in [3.63, 3.8) is 0 Å². The van der Waals surface area contributed by atoms with Crippen molar-refractivity contribution >= 4 is 43.6 Å². The van der Waals surface area contributed by atoms with Crippen LogP contribution in [0, 0.1) is 26.0 Å². The summed E-state index contributed by atoms with van der Waals surface area (Å²) in [6.07, 6.45) is 3.66. The van der Waals surface area contributed by atoms with E-state index in [1.165, 1.54) is 21.9 Å². The Morgan fingerprint density at radius 3 is 2.17 bits per heavy atom. The van der Waals surface area contributed by atoms with E-state index in [9.17, 15) is 0 Å². The minimum Gasteiger partial charge on any atom is -0.498 e. The number of hydrogen-bond donors (Lipinski definition) is 0. The minimum absolute atomic E-state index is 0. The van der Waals surface area contributed by atoms with E-state index in [-0.39, 0.29) is 20.1 Å². The van der Waals surface area contributed by atoms with Gasteiger partial charge in [-0.1, -0.05) is 77.7 Å². The Morgan fingerprint density at radius 2 is 1.35 bits per heavy atom. The number of rotatable bonds is 3. The summed E-state index contributed by atoms with van der Waals surface area (Å²) < 4.78 is 6.50. The van der Waals surface area contributed by atoms with E-state index in [2.05, 4.69) is 96.8 Å². The van der Waals surface area contributed by atoms with E-state index in [1.807, 2.05) is 67.7 Å². The molecule has 5 aromatic carbocycles. The minimum atomic E-state index is 0. The molecule has 1 radical (unpaired) electrons. The standard InChI is InChI=1S/C32H21N2O.C11H8N.Ir/c1-19-16-22-6-3-4-7-23(22)17-28(19)24-14-15-33-29(18-24)27-9-5-8-25-26-13-12-21-11-10-20(2)34-30(21)32(26)35-31(25)27;1-2-6-10(7-3-1)11-8-4-5-9-12-11;/h3-8,10-18H,1-2H3;1-6,8-9H;/q2*-1;. The SMILES string of the molecule is Cc1ccc2ccc3c4cc[c-]c(-c5cc(-c6cc7ccccc7cc6C)ccn5)c4oc3c2n1.[Ir].[c-]1ccccc1-c1ccccn1. The maximum absolute atomic E-state index is 6.50. The molecule has 0 saturated heterocycles. The number of hydrogen-bond acceptors (Lipinski definition) is 4. The molecule has 233 valence electrons. The number of pyridine rings is 3. The van der Waals surface area contributed by atoms with Crippen LogP contribution in [-0.2, 0) is 20.1 Å².